The maximum atomic E-state index is 7.97. The molecule has 4 heterocycles. The Bertz CT molecular complexity index is 5280. The second-order valence-electron chi connectivity index (χ2n) is 32.0. The van der Waals surface area contributed by atoms with Crippen LogP contribution in [0, 0.1) is 27.7 Å². The number of benzene rings is 12. The number of rotatable bonds is 9. The number of anilines is 15. The van der Waals surface area contributed by atoms with Crippen molar-refractivity contribution >= 4 is 132 Å². The summed E-state index contributed by atoms with van der Waals surface area (Å²) >= 11 is 0. The van der Waals surface area contributed by atoms with Crippen molar-refractivity contribution in [2.45, 2.75) is 130 Å². The summed E-state index contributed by atoms with van der Waals surface area (Å²) in [6.45, 7) is 28.1. The van der Waals surface area contributed by atoms with Crippen molar-refractivity contribution in [1.82, 2.24) is 0 Å². The summed E-state index contributed by atoms with van der Waals surface area (Å²) in [4.78, 5) is 12.8. The zero-order valence-electron chi connectivity index (χ0n) is 59.8. The van der Waals surface area contributed by atoms with Gasteiger partial charge >= 0.3 is 0 Å². The molecule has 490 valence electrons. The molecule has 0 spiro atoms. The van der Waals surface area contributed by atoms with E-state index in [2.05, 4.69) is 356 Å². The van der Waals surface area contributed by atoms with Crippen molar-refractivity contribution in [1.29, 1.82) is 0 Å². The van der Waals surface area contributed by atoms with E-state index in [1.54, 1.807) is 0 Å². The van der Waals surface area contributed by atoms with E-state index in [1.807, 2.05) is 0 Å². The molecule has 6 nitrogen and oxygen atoms in total. The molecule has 0 atom stereocenters. The van der Waals surface area contributed by atoms with E-state index in [0.29, 0.717) is 0 Å². The Morgan fingerprint density at radius 2 is 0.660 bits per heavy atom. The summed E-state index contributed by atoms with van der Waals surface area (Å²) in [5, 5.41) is 0. The van der Waals surface area contributed by atoms with Gasteiger partial charge in [-0.05, 0) is 243 Å². The average molecular weight is 1300 g/mol. The smallest absolute Gasteiger partial charge is 0.256 e. The van der Waals surface area contributed by atoms with Crippen LogP contribution in [0.5, 0.6) is 11.5 Å². The first kappa shape index (κ1) is 61.9. The zero-order chi connectivity index (χ0) is 68.5. The Balaban J connectivity index is 0.924. The predicted molar refractivity (Wildman–Crippen MR) is 425 cm³/mol. The second-order valence-corrected chi connectivity index (χ2v) is 32.0. The molecule has 8 heteroatoms. The van der Waals surface area contributed by atoms with Crippen molar-refractivity contribution in [3.8, 4) is 11.5 Å². The van der Waals surface area contributed by atoms with Gasteiger partial charge in [0.25, 0.3) is 13.4 Å². The fourth-order valence-electron chi connectivity index (χ4n) is 18.3. The van der Waals surface area contributed by atoms with Crippen LogP contribution in [0.2, 0.25) is 0 Å². The van der Waals surface area contributed by atoms with Gasteiger partial charge in [0.15, 0.2) is 0 Å². The summed E-state index contributed by atoms with van der Waals surface area (Å²) in [5.41, 5.74) is 34.9. The third kappa shape index (κ3) is 9.45. The van der Waals surface area contributed by atoms with Crippen LogP contribution >= 0.6 is 0 Å². The number of nitrogens with zero attached hydrogens (tertiary/aromatic N) is 5. The maximum absolute atomic E-state index is 7.97. The first-order chi connectivity index (χ1) is 48.2. The molecule has 2 aliphatic carbocycles. The molecule has 12 aromatic carbocycles. The largest absolute Gasteiger partial charge is 0.458 e. The number of ether oxygens (including phenoxy) is 1. The van der Waals surface area contributed by atoms with Crippen LogP contribution < -0.4 is 62.0 Å². The normalized spacial score (nSPS) is 16.3. The van der Waals surface area contributed by atoms with Crippen molar-refractivity contribution in [2.75, 3.05) is 24.5 Å². The Morgan fingerprint density at radius 3 is 1.11 bits per heavy atom. The van der Waals surface area contributed by atoms with Gasteiger partial charge in [-0.25, -0.2) is 0 Å². The summed E-state index contributed by atoms with van der Waals surface area (Å²) in [5.74, 6) is 1.71. The highest BCUT2D eigenvalue weighted by atomic mass is 16.5. The Morgan fingerprint density at radius 1 is 0.290 bits per heavy atom. The Kier molecular flexibility index (Phi) is 13.9. The molecule has 0 saturated heterocycles. The molecule has 0 saturated carbocycles. The average Bonchev–Trinajstić information content (AvgIpc) is 0.688. The highest BCUT2D eigenvalue weighted by Crippen LogP contribution is 2.55. The number of fused-ring (bicyclic) bond motifs is 10. The van der Waals surface area contributed by atoms with Gasteiger partial charge in [0.05, 0.1) is 11.4 Å². The predicted octanol–water partition coefficient (Wildman–Crippen LogP) is 21.0. The molecule has 0 unspecified atom stereocenters. The van der Waals surface area contributed by atoms with Crippen molar-refractivity contribution in [3.05, 3.63) is 293 Å². The van der Waals surface area contributed by atoms with Crippen LogP contribution in [-0.2, 0) is 21.7 Å². The van der Waals surface area contributed by atoms with Gasteiger partial charge in [-0.3, -0.25) is 0 Å². The number of hydrogen-bond donors (Lipinski definition) is 0. The van der Waals surface area contributed by atoms with E-state index in [4.69, 9.17) is 4.74 Å². The number of hydrogen-bond acceptors (Lipinski definition) is 6. The quantitative estimate of drug-likeness (QED) is 0.134. The third-order valence-corrected chi connectivity index (χ3v) is 23.9. The zero-order valence-corrected chi connectivity index (χ0v) is 59.8. The van der Waals surface area contributed by atoms with Crippen molar-refractivity contribution in [2.24, 2.45) is 0 Å². The van der Waals surface area contributed by atoms with E-state index in [0.717, 1.165) is 105 Å². The summed E-state index contributed by atoms with van der Waals surface area (Å²) in [6, 6.07) is 94.8. The lowest BCUT2D eigenvalue weighted by Gasteiger charge is -2.47. The van der Waals surface area contributed by atoms with Crippen LogP contribution in [0.25, 0.3) is 0 Å². The molecule has 18 rings (SSSR count). The Labute approximate surface area is 592 Å². The fraction of sp³-hybridized carbons (Fsp3) is 0.217. The van der Waals surface area contributed by atoms with Gasteiger partial charge in [0.2, 0.25) is 0 Å². The maximum Gasteiger partial charge on any atom is 0.256 e. The summed E-state index contributed by atoms with van der Waals surface area (Å²) in [7, 11) is 0. The Hall–Kier alpha value is -10.4. The van der Waals surface area contributed by atoms with Crippen LogP contribution in [0.15, 0.2) is 249 Å². The molecule has 12 aromatic rings. The van der Waals surface area contributed by atoms with Crippen LogP contribution in [0.3, 0.4) is 0 Å². The standard InChI is InChI=1S/C92H85B2N5O/c1-58-28-16-22-36-75(58)98(76-37-23-17-29-59(76)2)65-52-82-87-83(53-65)96(63-42-44-67-69(50-63)91(9,10)48-46-89(67,5)6)79-40-26-20-34-71(79)93(87)73-56-74-85(57-81(73)95(82)62-32-14-13-15-33-62)100-86-55-66(99(77-38-24-18-30-60(77)3)78-39-25-19-31-61(78)4)54-84-88(86)94(74)72-35-21-27-41-80(72)97(84)64-43-45-68-70(51-64)92(11,12)49-47-90(68,7)8/h13-45,50-57H,46-49H2,1-12H3. The molecule has 0 fully saturated rings. The minimum absolute atomic E-state index is 0.00798. The van der Waals surface area contributed by atoms with E-state index in [9.17, 15) is 0 Å². The highest BCUT2D eigenvalue weighted by Gasteiger charge is 2.50. The van der Waals surface area contributed by atoms with Crippen molar-refractivity contribution < 1.29 is 4.74 Å². The summed E-state index contributed by atoms with van der Waals surface area (Å²) < 4.78 is 7.97. The highest BCUT2D eigenvalue weighted by molar-refractivity contribution is 7.02. The molecule has 0 amide bonds. The first-order valence-corrected chi connectivity index (χ1v) is 36.2. The molecular weight excluding hydrogens is 1210 g/mol. The van der Waals surface area contributed by atoms with Gasteiger partial charge in [0.1, 0.15) is 11.5 Å². The van der Waals surface area contributed by atoms with Crippen LogP contribution in [0.1, 0.15) is 126 Å². The summed E-state index contributed by atoms with van der Waals surface area (Å²) in [6.07, 6.45) is 4.55. The molecule has 6 aliphatic rings. The van der Waals surface area contributed by atoms with Gasteiger partial charge in [-0.1, -0.05) is 201 Å². The van der Waals surface area contributed by atoms with Gasteiger partial charge in [0, 0.05) is 86.1 Å². The van der Waals surface area contributed by atoms with Gasteiger partial charge in [-0.15, -0.1) is 0 Å². The lowest BCUT2D eigenvalue weighted by Crippen LogP contribution is -2.64. The van der Waals surface area contributed by atoms with E-state index < -0.39 is 0 Å². The van der Waals surface area contributed by atoms with Crippen LogP contribution in [0.4, 0.5) is 85.3 Å². The molecule has 0 bridgehead atoms. The molecule has 0 radical (unpaired) electrons. The van der Waals surface area contributed by atoms with Gasteiger partial charge in [-0.2, -0.15) is 0 Å². The molecule has 4 aliphatic heterocycles. The van der Waals surface area contributed by atoms with E-state index in [1.165, 1.54) is 94.6 Å². The minimum Gasteiger partial charge on any atom is -0.458 e. The fourth-order valence-corrected chi connectivity index (χ4v) is 18.3. The first-order valence-electron chi connectivity index (χ1n) is 36.2. The van der Waals surface area contributed by atoms with Crippen LogP contribution in [-0.4, -0.2) is 13.4 Å². The molecular formula is C92H85B2N5O. The monoisotopic (exact) mass is 1300 g/mol. The van der Waals surface area contributed by atoms with Gasteiger partial charge < -0.3 is 29.2 Å². The lowest BCUT2D eigenvalue weighted by molar-refractivity contribution is 0.332. The number of para-hydroxylation sites is 7. The van der Waals surface area contributed by atoms with E-state index >= 15 is 0 Å². The lowest BCUT2D eigenvalue weighted by atomic mass is 9.30. The number of aryl methyl sites for hydroxylation is 4. The molecule has 0 aromatic heterocycles. The van der Waals surface area contributed by atoms with Crippen molar-refractivity contribution in [3.63, 3.8) is 0 Å². The SMILES string of the molecule is Cc1ccccc1N(c1cc2c3c(c1)N(c1ccc4c(c1)C(C)(C)CCC4(C)C)c1ccccc1B3c1cc3c(cc1O2)N(c1ccccc1)c1cc(N(c2ccccc2C)c2ccccc2C)cc2c1B3c1ccccc1N2c1ccc2c(c1)C(C)(C)CCC2(C)C)c1ccccc1C. The van der Waals surface area contributed by atoms with E-state index in [-0.39, 0.29) is 35.1 Å². The second kappa shape index (κ2) is 22.5. The molecule has 0 N–H and O–H groups in total. The minimum atomic E-state index is -0.192. The molecule has 100 heavy (non-hydrogen) atoms. The topological polar surface area (TPSA) is 25.4 Å². The third-order valence-electron chi connectivity index (χ3n) is 23.9.